The maximum Gasteiger partial charge on any atom is 0.185 e. The van der Waals surface area contributed by atoms with E-state index in [1.165, 1.54) is 6.08 Å². The number of rotatable bonds is 7. The number of carbonyl (C=O) groups excluding carboxylic acids is 1. The van der Waals surface area contributed by atoms with E-state index in [1.807, 2.05) is 48.0 Å². The van der Waals surface area contributed by atoms with Gasteiger partial charge >= 0.3 is 0 Å². The second-order valence-electron chi connectivity index (χ2n) is 6.72. The first-order valence-corrected chi connectivity index (χ1v) is 9.75. The van der Waals surface area contributed by atoms with Gasteiger partial charge in [0.2, 0.25) is 0 Å². The second-order valence-corrected chi connectivity index (χ2v) is 7.13. The molecule has 0 radical (unpaired) electrons. The van der Waals surface area contributed by atoms with Crippen LogP contribution in [0.3, 0.4) is 0 Å². The van der Waals surface area contributed by atoms with Crippen molar-refractivity contribution in [3.05, 3.63) is 107 Å². The predicted molar refractivity (Wildman–Crippen MR) is 116 cm³/mol. The summed E-state index contributed by atoms with van der Waals surface area (Å²) < 4.78 is 13.3. The highest BCUT2D eigenvalue weighted by atomic mass is 35.5. The molecule has 0 saturated heterocycles. The van der Waals surface area contributed by atoms with Gasteiger partial charge in [0, 0.05) is 28.7 Å². The molecule has 6 heteroatoms. The number of ketones is 1. The van der Waals surface area contributed by atoms with Gasteiger partial charge in [0.15, 0.2) is 5.78 Å². The maximum atomic E-state index is 12.4. The number of hydrogen-bond donors (Lipinski definition) is 0. The highest BCUT2D eigenvalue weighted by Crippen LogP contribution is 2.22. The number of benzene rings is 2. The molecule has 5 nitrogen and oxygen atoms in total. The average molecular weight is 419 g/mol. The highest BCUT2D eigenvalue weighted by Gasteiger charge is 2.05. The van der Waals surface area contributed by atoms with Crippen molar-refractivity contribution >= 4 is 23.5 Å². The smallest absolute Gasteiger partial charge is 0.185 e. The monoisotopic (exact) mass is 418 g/mol. The van der Waals surface area contributed by atoms with E-state index in [0.29, 0.717) is 28.7 Å². The Labute approximate surface area is 179 Å². The van der Waals surface area contributed by atoms with Gasteiger partial charge in [-0.2, -0.15) is 0 Å². The summed E-state index contributed by atoms with van der Waals surface area (Å²) in [6.45, 7) is 2.21. The number of ether oxygens (including phenoxy) is 1. The minimum Gasteiger partial charge on any atom is -0.486 e. The van der Waals surface area contributed by atoms with Gasteiger partial charge < -0.3 is 13.7 Å². The first-order valence-electron chi connectivity index (χ1n) is 9.37. The summed E-state index contributed by atoms with van der Waals surface area (Å²) in [5.41, 5.74) is 2.50. The van der Waals surface area contributed by atoms with Crippen LogP contribution in [-0.2, 0) is 6.61 Å². The Morgan fingerprint density at radius 3 is 2.73 bits per heavy atom. The van der Waals surface area contributed by atoms with Gasteiger partial charge in [0.1, 0.15) is 23.9 Å². The van der Waals surface area contributed by atoms with E-state index in [4.69, 9.17) is 20.8 Å². The van der Waals surface area contributed by atoms with E-state index in [0.717, 1.165) is 17.0 Å². The molecule has 0 aliphatic carbocycles. The van der Waals surface area contributed by atoms with Crippen molar-refractivity contribution < 1.29 is 13.9 Å². The fraction of sp³-hybridized carbons (Fsp3) is 0.0833. The SMILES string of the molecule is Cc1cc(OCc2ccc(/C=C/C(=O)c3ccc(-n4ccnc4)cc3)o2)ccc1Cl. The van der Waals surface area contributed by atoms with Crippen LogP contribution in [0.4, 0.5) is 0 Å². The Morgan fingerprint density at radius 1 is 1.17 bits per heavy atom. The third kappa shape index (κ3) is 4.70. The standard InChI is InChI=1S/C24H19ClN2O3/c1-17-14-21(8-10-23(17)25)29-15-22-7-6-20(30-22)9-11-24(28)18-2-4-19(5-3-18)27-13-12-26-16-27/h2-14,16H,15H2,1H3/b11-9+. The number of imidazole rings is 1. The van der Waals surface area contributed by atoms with E-state index < -0.39 is 0 Å². The zero-order valence-corrected chi connectivity index (χ0v) is 17.0. The van der Waals surface area contributed by atoms with Gasteiger partial charge in [-0.3, -0.25) is 4.79 Å². The zero-order valence-electron chi connectivity index (χ0n) is 16.3. The average Bonchev–Trinajstić information content (AvgIpc) is 3.45. The van der Waals surface area contributed by atoms with Crippen molar-refractivity contribution in [1.29, 1.82) is 0 Å². The summed E-state index contributed by atoms with van der Waals surface area (Å²) in [5, 5.41) is 0.703. The van der Waals surface area contributed by atoms with Crippen LogP contribution in [0.5, 0.6) is 5.75 Å². The van der Waals surface area contributed by atoms with Crippen molar-refractivity contribution in [2.45, 2.75) is 13.5 Å². The predicted octanol–water partition coefficient (Wildman–Crippen LogP) is 5.90. The van der Waals surface area contributed by atoms with Crippen molar-refractivity contribution in [3.8, 4) is 11.4 Å². The lowest BCUT2D eigenvalue weighted by molar-refractivity contribution is 0.104. The van der Waals surface area contributed by atoms with Gasteiger partial charge in [-0.1, -0.05) is 11.6 Å². The fourth-order valence-electron chi connectivity index (χ4n) is 2.89. The molecule has 4 aromatic rings. The van der Waals surface area contributed by atoms with Gasteiger partial charge in [-0.25, -0.2) is 4.98 Å². The first-order chi connectivity index (χ1) is 14.6. The fourth-order valence-corrected chi connectivity index (χ4v) is 3.00. The lowest BCUT2D eigenvalue weighted by Crippen LogP contribution is -1.96. The van der Waals surface area contributed by atoms with Crippen LogP contribution in [0.25, 0.3) is 11.8 Å². The first kappa shape index (κ1) is 19.7. The third-order valence-electron chi connectivity index (χ3n) is 4.55. The van der Waals surface area contributed by atoms with Crippen LogP contribution in [0.2, 0.25) is 5.02 Å². The quantitative estimate of drug-likeness (QED) is 0.277. The van der Waals surface area contributed by atoms with Crippen molar-refractivity contribution in [2.75, 3.05) is 0 Å². The molecule has 0 amide bonds. The number of nitrogens with zero attached hydrogens (tertiary/aromatic N) is 2. The van der Waals surface area contributed by atoms with Crippen LogP contribution in [-0.4, -0.2) is 15.3 Å². The molecular weight excluding hydrogens is 400 g/mol. The van der Waals surface area contributed by atoms with Crippen LogP contribution in [0, 0.1) is 6.92 Å². The van der Waals surface area contributed by atoms with E-state index in [2.05, 4.69) is 4.98 Å². The summed E-state index contributed by atoms with van der Waals surface area (Å²) in [5.74, 6) is 1.88. The van der Waals surface area contributed by atoms with E-state index >= 15 is 0 Å². The summed E-state index contributed by atoms with van der Waals surface area (Å²) in [6, 6.07) is 16.5. The van der Waals surface area contributed by atoms with E-state index in [-0.39, 0.29) is 5.78 Å². The molecule has 0 unspecified atom stereocenters. The molecule has 0 spiro atoms. The van der Waals surface area contributed by atoms with Crippen LogP contribution < -0.4 is 4.74 Å². The minimum atomic E-state index is -0.0991. The lowest BCUT2D eigenvalue weighted by Gasteiger charge is -2.05. The van der Waals surface area contributed by atoms with E-state index in [9.17, 15) is 4.79 Å². The molecule has 0 aliphatic heterocycles. The summed E-state index contributed by atoms with van der Waals surface area (Å²) in [6.07, 6.45) is 8.42. The van der Waals surface area contributed by atoms with Crippen molar-refractivity contribution in [1.82, 2.24) is 9.55 Å². The number of allylic oxidation sites excluding steroid dienone is 1. The Bertz CT molecular complexity index is 1180. The minimum absolute atomic E-state index is 0.0991. The third-order valence-corrected chi connectivity index (χ3v) is 4.97. The maximum absolute atomic E-state index is 12.4. The molecule has 0 bridgehead atoms. The lowest BCUT2D eigenvalue weighted by atomic mass is 10.1. The second kappa shape index (κ2) is 8.84. The summed E-state index contributed by atoms with van der Waals surface area (Å²) in [4.78, 5) is 16.4. The molecule has 0 fully saturated rings. The largest absolute Gasteiger partial charge is 0.486 e. The van der Waals surface area contributed by atoms with Crippen molar-refractivity contribution in [2.24, 2.45) is 0 Å². The number of furan rings is 1. The van der Waals surface area contributed by atoms with Crippen LogP contribution in [0.1, 0.15) is 27.4 Å². The van der Waals surface area contributed by atoms with Gasteiger partial charge in [-0.05, 0) is 79.2 Å². The Balaban J connectivity index is 1.35. The topological polar surface area (TPSA) is 57.3 Å². The molecule has 2 heterocycles. The number of carbonyl (C=O) groups is 1. The number of aryl methyl sites for hydroxylation is 1. The number of aromatic nitrogens is 2. The molecule has 2 aromatic heterocycles. The number of halogens is 1. The molecule has 0 saturated carbocycles. The summed E-state index contributed by atoms with van der Waals surface area (Å²) in [7, 11) is 0. The Hall–Kier alpha value is -3.57. The van der Waals surface area contributed by atoms with E-state index in [1.54, 1.807) is 42.9 Å². The molecule has 150 valence electrons. The molecule has 0 N–H and O–H groups in total. The number of hydrogen-bond acceptors (Lipinski definition) is 4. The summed E-state index contributed by atoms with van der Waals surface area (Å²) >= 11 is 6.02. The normalized spacial score (nSPS) is 11.1. The highest BCUT2D eigenvalue weighted by molar-refractivity contribution is 6.31. The van der Waals surface area contributed by atoms with Crippen molar-refractivity contribution in [3.63, 3.8) is 0 Å². The molecule has 0 aliphatic rings. The molecule has 0 atom stereocenters. The molecule has 2 aromatic carbocycles. The zero-order chi connectivity index (χ0) is 20.9. The van der Waals surface area contributed by atoms with Gasteiger partial charge in [-0.15, -0.1) is 0 Å². The molecule has 4 rings (SSSR count). The van der Waals surface area contributed by atoms with Crippen LogP contribution in [0.15, 0.2) is 83.8 Å². The molecular formula is C24H19ClN2O3. The Morgan fingerprint density at radius 2 is 2.00 bits per heavy atom. The Kier molecular flexibility index (Phi) is 5.82. The molecule has 30 heavy (non-hydrogen) atoms. The van der Waals surface area contributed by atoms with Crippen LogP contribution >= 0.6 is 11.6 Å². The van der Waals surface area contributed by atoms with Gasteiger partial charge in [0.25, 0.3) is 0 Å². The van der Waals surface area contributed by atoms with Gasteiger partial charge in [0.05, 0.1) is 6.33 Å².